The Morgan fingerprint density at radius 3 is 2.74 bits per heavy atom. The number of para-hydroxylation sites is 1. The van der Waals surface area contributed by atoms with Crippen LogP contribution in [0.4, 0.5) is 5.69 Å². The van der Waals surface area contributed by atoms with Crippen LogP contribution in [-0.2, 0) is 4.79 Å². The van der Waals surface area contributed by atoms with Crippen LogP contribution in [0.1, 0.15) is 36.5 Å². The first-order chi connectivity index (χ1) is 13.0. The maximum atomic E-state index is 12.8. The lowest BCUT2D eigenvalue weighted by atomic mass is 10.0. The highest BCUT2D eigenvalue weighted by atomic mass is 32.2. The van der Waals surface area contributed by atoms with Crippen molar-refractivity contribution in [2.45, 2.75) is 33.6 Å². The number of amidine groups is 1. The summed E-state index contributed by atoms with van der Waals surface area (Å²) in [6.45, 7) is 9.01. The molecule has 1 saturated heterocycles. The number of carbonyl (C=O) groups excluding carboxylic acids is 1. The van der Waals surface area contributed by atoms with Crippen molar-refractivity contribution in [2.75, 3.05) is 18.9 Å². The van der Waals surface area contributed by atoms with Gasteiger partial charge in [0.25, 0.3) is 5.91 Å². The zero-order valence-electron chi connectivity index (χ0n) is 16.4. The van der Waals surface area contributed by atoms with Gasteiger partial charge in [-0.25, -0.2) is 4.99 Å². The standard InChI is InChI=1S/C22H26N2O2S/c1-15(2)18-10-9-16(3)13-20(18)26-14-21(25)24-11-12-27-22(24)23-19-8-6-5-7-17(19)4/h5-10,13,15H,11-12,14H2,1-4H3. The molecular weight excluding hydrogens is 356 g/mol. The Balaban J connectivity index is 1.73. The summed E-state index contributed by atoms with van der Waals surface area (Å²) in [6.07, 6.45) is 0. The fraction of sp³-hybridized carbons (Fsp3) is 0.364. The Kier molecular flexibility index (Phi) is 6.22. The molecule has 4 nitrogen and oxygen atoms in total. The summed E-state index contributed by atoms with van der Waals surface area (Å²) in [5, 5.41) is 0.756. The average molecular weight is 383 g/mol. The molecule has 142 valence electrons. The van der Waals surface area contributed by atoms with Gasteiger partial charge in [0, 0.05) is 12.3 Å². The minimum absolute atomic E-state index is 0.0243. The van der Waals surface area contributed by atoms with Gasteiger partial charge in [-0.1, -0.05) is 55.9 Å². The second-order valence-corrected chi connectivity index (χ2v) is 8.12. The van der Waals surface area contributed by atoms with Crippen molar-refractivity contribution in [3.63, 3.8) is 0 Å². The number of hydrogen-bond donors (Lipinski definition) is 0. The van der Waals surface area contributed by atoms with Gasteiger partial charge in [0.1, 0.15) is 5.75 Å². The number of nitrogens with zero attached hydrogens (tertiary/aromatic N) is 2. The average Bonchev–Trinajstić information content (AvgIpc) is 3.09. The maximum Gasteiger partial charge on any atom is 0.266 e. The van der Waals surface area contributed by atoms with E-state index in [4.69, 9.17) is 9.73 Å². The van der Waals surface area contributed by atoms with Gasteiger partial charge in [0.15, 0.2) is 11.8 Å². The summed E-state index contributed by atoms with van der Waals surface area (Å²) >= 11 is 1.61. The first-order valence-electron chi connectivity index (χ1n) is 9.26. The maximum absolute atomic E-state index is 12.8. The number of hydrogen-bond acceptors (Lipinski definition) is 4. The van der Waals surface area contributed by atoms with Crippen LogP contribution >= 0.6 is 11.8 Å². The van der Waals surface area contributed by atoms with Gasteiger partial charge in [-0.15, -0.1) is 0 Å². The summed E-state index contributed by atoms with van der Waals surface area (Å²) in [7, 11) is 0. The highest BCUT2D eigenvalue weighted by Gasteiger charge is 2.26. The van der Waals surface area contributed by atoms with Crippen LogP contribution in [0.15, 0.2) is 47.5 Å². The predicted molar refractivity (Wildman–Crippen MR) is 113 cm³/mol. The molecule has 0 radical (unpaired) electrons. The van der Waals surface area contributed by atoms with E-state index in [-0.39, 0.29) is 12.5 Å². The van der Waals surface area contributed by atoms with E-state index in [1.807, 2.05) is 44.2 Å². The molecule has 27 heavy (non-hydrogen) atoms. The third-order valence-corrected chi connectivity index (χ3v) is 5.51. The van der Waals surface area contributed by atoms with Gasteiger partial charge in [0.2, 0.25) is 0 Å². The van der Waals surface area contributed by atoms with Crippen LogP contribution in [0.2, 0.25) is 0 Å². The molecule has 0 aliphatic carbocycles. The van der Waals surface area contributed by atoms with E-state index in [2.05, 4.69) is 26.0 Å². The van der Waals surface area contributed by atoms with E-state index < -0.39 is 0 Å². The molecule has 5 heteroatoms. The number of rotatable bonds is 5. The number of aryl methyl sites for hydroxylation is 2. The van der Waals surface area contributed by atoms with E-state index in [0.29, 0.717) is 12.5 Å². The topological polar surface area (TPSA) is 41.9 Å². The Bertz CT molecular complexity index is 861. The molecule has 2 aromatic carbocycles. The van der Waals surface area contributed by atoms with Crippen LogP contribution in [-0.4, -0.2) is 34.9 Å². The highest BCUT2D eigenvalue weighted by molar-refractivity contribution is 8.14. The van der Waals surface area contributed by atoms with Crippen LogP contribution in [0.5, 0.6) is 5.75 Å². The number of aliphatic imine (C=N–C) groups is 1. The number of carbonyl (C=O) groups is 1. The van der Waals surface area contributed by atoms with Crippen molar-refractivity contribution in [3.05, 3.63) is 59.2 Å². The lowest BCUT2D eigenvalue weighted by Crippen LogP contribution is -2.35. The first kappa shape index (κ1) is 19.5. The van der Waals surface area contributed by atoms with Gasteiger partial charge < -0.3 is 4.74 Å². The molecule has 1 amide bonds. The molecular formula is C22H26N2O2S. The third kappa shape index (κ3) is 4.72. The van der Waals surface area contributed by atoms with Crippen LogP contribution in [0.25, 0.3) is 0 Å². The van der Waals surface area contributed by atoms with Crippen molar-refractivity contribution in [2.24, 2.45) is 4.99 Å². The van der Waals surface area contributed by atoms with Gasteiger partial charge in [-0.05, 0) is 48.6 Å². The lowest BCUT2D eigenvalue weighted by molar-refractivity contribution is -0.129. The van der Waals surface area contributed by atoms with Crippen molar-refractivity contribution in [3.8, 4) is 5.75 Å². The molecule has 1 aliphatic heterocycles. The van der Waals surface area contributed by atoms with Crippen molar-refractivity contribution >= 4 is 28.5 Å². The molecule has 1 aliphatic rings. The fourth-order valence-corrected chi connectivity index (χ4v) is 3.95. The minimum atomic E-state index is -0.0523. The Hall–Kier alpha value is -2.27. The zero-order chi connectivity index (χ0) is 19.4. The third-order valence-electron chi connectivity index (χ3n) is 4.55. The smallest absolute Gasteiger partial charge is 0.266 e. The van der Waals surface area contributed by atoms with Crippen LogP contribution in [0, 0.1) is 13.8 Å². The zero-order valence-corrected chi connectivity index (χ0v) is 17.2. The first-order valence-corrected chi connectivity index (χ1v) is 10.2. The number of benzene rings is 2. The Morgan fingerprint density at radius 1 is 1.22 bits per heavy atom. The molecule has 0 unspecified atom stereocenters. The fourth-order valence-electron chi connectivity index (χ4n) is 2.98. The number of thioether (sulfide) groups is 1. The summed E-state index contributed by atoms with van der Waals surface area (Å²) in [5.41, 5.74) is 4.25. The summed E-state index contributed by atoms with van der Waals surface area (Å²) < 4.78 is 5.92. The number of amides is 1. The molecule has 0 spiro atoms. The minimum Gasteiger partial charge on any atom is -0.483 e. The Morgan fingerprint density at radius 2 is 2.00 bits per heavy atom. The quantitative estimate of drug-likeness (QED) is 0.725. The normalized spacial score (nSPS) is 15.6. The van der Waals surface area contributed by atoms with E-state index in [1.54, 1.807) is 16.7 Å². The lowest BCUT2D eigenvalue weighted by Gasteiger charge is -2.18. The van der Waals surface area contributed by atoms with Gasteiger partial charge in [-0.3, -0.25) is 9.69 Å². The molecule has 0 bridgehead atoms. The van der Waals surface area contributed by atoms with E-state index in [9.17, 15) is 4.79 Å². The molecule has 1 fully saturated rings. The molecule has 0 N–H and O–H groups in total. The highest BCUT2D eigenvalue weighted by Crippen LogP contribution is 2.28. The Labute approximate surface area is 165 Å². The predicted octanol–water partition coefficient (Wildman–Crippen LogP) is 5.07. The van der Waals surface area contributed by atoms with Crippen molar-refractivity contribution in [1.29, 1.82) is 0 Å². The molecule has 1 heterocycles. The van der Waals surface area contributed by atoms with Crippen LogP contribution < -0.4 is 4.74 Å². The van der Waals surface area contributed by atoms with Crippen LogP contribution in [0.3, 0.4) is 0 Å². The second kappa shape index (κ2) is 8.61. The van der Waals surface area contributed by atoms with Crippen molar-refractivity contribution in [1.82, 2.24) is 4.90 Å². The monoisotopic (exact) mass is 382 g/mol. The molecule has 2 aromatic rings. The van der Waals surface area contributed by atoms with E-state index in [0.717, 1.165) is 39.0 Å². The second-order valence-electron chi connectivity index (χ2n) is 7.06. The molecule has 0 saturated carbocycles. The summed E-state index contributed by atoms with van der Waals surface area (Å²) in [4.78, 5) is 19.2. The molecule has 3 rings (SSSR count). The van der Waals surface area contributed by atoms with Gasteiger partial charge in [0.05, 0.1) is 5.69 Å². The SMILES string of the molecule is Cc1ccc(C(C)C)c(OCC(=O)N2CCSC2=Nc2ccccc2C)c1. The van der Waals surface area contributed by atoms with E-state index in [1.165, 1.54) is 0 Å². The number of ether oxygens (including phenoxy) is 1. The van der Waals surface area contributed by atoms with Gasteiger partial charge in [-0.2, -0.15) is 0 Å². The molecule has 0 aromatic heterocycles. The summed E-state index contributed by atoms with van der Waals surface area (Å²) in [6, 6.07) is 14.1. The van der Waals surface area contributed by atoms with Crippen molar-refractivity contribution < 1.29 is 9.53 Å². The largest absolute Gasteiger partial charge is 0.483 e. The molecule has 0 atom stereocenters. The van der Waals surface area contributed by atoms with E-state index >= 15 is 0 Å². The van der Waals surface area contributed by atoms with Gasteiger partial charge >= 0.3 is 0 Å². The summed E-state index contributed by atoms with van der Waals surface area (Å²) in [5.74, 6) is 1.94.